The van der Waals surface area contributed by atoms with Crippen LogP contribution in [0, 0.1) is 0 Å². The Labute approximate surface area is 100 Å². The minimum atomic E-state index is -0.741. The fourth-order valence-corrected chi connectivity index (χ4v) is 2.27. The molecule has 1 aromatic heterocycles. The third-order valence-electron chi connectivity index (χ3n) is 3.45. The molecule has 0 amide bonds. The van der Waals surface area contributed by atoms with E-state index in [-0.39, 0.29) is 6.54 Å². The minimum Gasteiger partial charge on any atom is -0.480 e. The Hall–Kier alpha value is -1.36. The van der Waals surface area contributed by atoms with Crippen LogP contribution in [0.5, 0.6) is 0 Å². The molecule has 92 valence electrons. The summed E-state index contributed by atoms with van der Waals surface area (Å²) >= 11 is 0. The summed E-state index contributed by atoms with van der Waals surface area (Å²) in [5.74, 6) is -0.741. The molecule has 0 unspecified atom stereocenters. The third-order valence-corrected chi connectivity index (χ3v) is 3.45. The van der Waals surface area contributed by atoms with Crippen LogP contribution in [0.25, 0.3) is 0 Å². The molecule has 1 aromatic rings. The van der Waals surface area contributed by atoms with E-state index in [4.69, 9.17) is 5.11 Å². The summed E-state index contributed by atoms with van der Waals surface area (Å²) in [7, 11) is 0. The quantitative estimate of drug-likeness (QED) is 0.806. The van der Waals surface area contributed by atoms with Gasteiger partial charge in [-0.05, 0) is 25.7 Å². The van der Waals surface area contributed by atoms with E-state index < -0.39 is 5.97 Å². The number of carboxylic acids is 1. The van der Waals surface area contributed by atoms with Crippen LogP contribution in [0.3, 0.4) is 0 Å². The maximum atomic E-state index is 10.8. The van der Waals surface area contributed by atoms with Crippen LogP contribution >= 0.6 is 0 Å². The number of aromatic nitrogens is 2. The van der Waals surface area contributed by atoms with Gasteiger partial charge >= 0.3 is 5.97 Å². The molecule has 0 radical (unpaired) electrons. The lowest BCUT2D eigenvalue weighted by atomic mass is 10.3. The van der Waals surface area contributed by atoms with Gasteiger partial charge in [-0.1, -0.05) is 0 Å². The van der Waals surface area contributed by atoms with Crippen molar-refractivity contribution in [3.05, 3.63) is 18.2 Å². The van der Waals surface area contributed by atoms with E-state index >= 15 is 0 Å². The Morgan fingerprint density at radius 3 is 2.82 bits per heavy atom. The Morgan fingerprint density at radius 1 is 1.47 bits per heavy atom. The number of rotatable bonds is 6. The molecule has 0 spiro atoms. The van der Waals surface area contributed by atoms with Gasteiger partial charge in [0.15, 0.2) is 0 Å². The molecule has 2 aliphatic carbocycles. The zero-order valence-electron chi connectivity index (χ0n) is 9.75. The standard InChI is InChI=1S/C12H17N3O2/c16-12(17)7-14(9-1-2-9)6-11-5-13-8-15(11)10-3-4-10/h5,8-10H,1-4,6-7H2,(H,16,17). The van der Waals surface area contributed by atoms with Crippen molar-refractivity contribution in [3.8, 4) is 0 Å². The summed E-state index contributed by atoms with van der Waals surface area (Å²) in [6.07, 6.45) is 8.46. The van der Waals surface area contributed by atoms with Crippen molar-refractivity contribution < 1.29 is 9.90 Å². The van der Waals surface area contributed by atoms with Gasteiger partial charge in [0.2, 0.25) is 0 Å². The van der Waals surface area contributed by atoms with Crippen molar-refractivity contribution >= 4 is 5.97 Å². The molecular formula is C12H17N3O2. The molecule has 1 heterocycles. The first-order chi connectivity index (χ1) is 8.24. The molecule has 2 fully saturated rings. The molecule has 5 heteroatoms. The summed E-state index contributed by atoms with van der Waals surface area (Å²) in [6, 6.07) is 1.08. The summed E-state index contributed by atoms with van der Waals surface area (Å²) in [5, 5.41) is 8.92. The first kappa shape index (κ1) is 10.8. The van der Waals surface area contributed by atoms with E-state index in [0.717, 1.165) is 18.5 Å². The van der Waals surface area contributed by atoms with E-state index in [1.807, 2.05) is 12.5 Å². The number of nitrogens with zero attached hydrogens (tertiary/aromatic N) is 3. The van der Waals surface area contributed by atoms with Crippen LogP contribution in [0.4, 0.5) is 0 Å². The van der Waals surface area contributed by atoms with Gasteiger partial charge in [0.25, 0.3) is 0 Å². The number of hydrogen-bond donors (Lipinski definition) is 1. The highest BCUT2D eigenvalue weighted by molar-refractivity contribution is 5.69. The lowest BCUT2D eigenvalue weighted by molar-refractivity contribution is -0.138. The summed E-state index contributed by atoms with van der Waals surface area (Å²) in [5.41, 5.74) is 1.15. The first-order valence-corrected chi connectivity index (χ1v) is 6.20. The van der Waals surface area contributed by atoms with E-state index in [0.29, 0.717) is 18.6 Å². The fraction of sp³-hybridized carbons (Fsp3) is 0.667. The molecule has 1 N–H and O–H groups in total. The van der Waals surface area contributed by atoms with Crippen molar-refractivity contribution in [1.29, 1.82) is 0 Å². The highest BCUT2D eigenvalue weighted by Gasteiger charge is 2.32. The van der Waals surface area contributed by atoms with Crippen molar-refractivity contribution in [1.82, 2.24) is 14.5 Å². The molecule has 3 rings (SSSR count). The molecule has 2 saturated carbocycles. The van der Waals surface area contributed by atoms with Crippen LogP contribution in [0.15, 0.2) is 12.5 Å². The van der Waals surface area contributed by atoms with E-state index in [2.05, 4.69) is 14.5 Å². The number of imidazole rings is 1. The molecular weight excluding hydrogens is 218 g/mol. The predicted octanol–water partition coefficient (Wildman–Crippen LogP) is 1.27. The predicted molar refractivity (Wildman–Crippen MR) is 61.6 cm³/mol. The molecule has 0 saturated heterocycles. The van der Waals surface area contributed by atoms with Gasteiger partial charge in [-0.15, -0.1) is 0 Å². The van der Waals surface area contributed by atoms with Crippen LogP contribution in [0.2, 0.25) is 0 Å². The number of hydrogen-bond acceptors (Lipinski definition) is 3. The summed E-state index contributed by atoms with van der Waals surface area (Å²) in [6.45, 7) is 0.855. The van der Waals surface area contributed by atoms with Gasteiger partial charge in [0.1, 0.15) is 0 Å². The lowest BCUT2D eigenvalue weighted by Gasteiger charge is -2.20. The van der Waals surface area contributed by atoms with Crippen molar-refractivity contribution in [2.75, 3.05) is 6.54 Å². The Bertz CT molecular complexity index is 421. The van der Waals surface area contributed by atoms with E-state index in [1.165, 1.54) is 12.8 Å². The Balaban J connectivity index is 1.70. The van der Waals surface area contributed by atoms with E-state index in [1.54, 1.807) is 0 Å². The minimum absolute atomic E-state index is 0.139. The second-order valence-electron chi connectivity index (χ2n) is 5.05. The zero-order valence-corrected chi connectivity index (χ0v) is 9.75. The second kappa shape index (κ2) is 4.14. The maximum absolute atomic E-state index is 10.8. The lowest BCUT2D eigenvalue weighted by Crippen LogP contribution is -2.32. The largest absolute Gasteiger partial charge is 0.480 e. The van der Waals surface area contributed by atoms with Gasteiger partial charge in [0, 0.05) is 24.8 Å². The Kier molecular flexibility index (Phi) is 2.63. The highest BCUT2D eigenvalue weighted by Crippen LogP contribution is 2.36. The van der Waals surface area contributed by atoms with Crippen molar-refractivity contribution in [2.45, 2.75) is 44.3 Å². The molecule has 5 nitrogen and oxygen atoms in total. The van der Waals surface area contributed by atoms with Crippen molar-refractivity contribution in [2.24, 2.45) is 0 Å². The number of carboxylic acid groups (broad SMARTS) is 1. The Morgan fingerprint density at radius 2 is 2.24 bits per heavy atom. The van der Waals surface area contributed by atoms with Gasteiger partial charge in [-0.2, -0.15) is 0 Å². The molecule has 0 bridgehead atoms. The molecule has 0 atom stereocenters. The van der Waals surface area contributed by atoms with Crippen LogP contribution in [-0.4, -0.2) is 38.1 Å². The van der Waals surface area contributed by atoms with Gasteiger partial charge in [-0.25, -0.2) is 4.98 Å². The molecule has 2 aliphatic rings. The molecule has 0 aromatic carbocycles. The zero-order chi connectivity index (χ0) is 11.8. The highest BCUT2D eigenvalue weighted by atomic mass is 16.4. The summed E-state index contributed by atoms with van der Waals surface area (Å²) in [4.78, 5) is 17.1. The van der Waals surface area contributed by atoms with Gasteiger partial charge in [-0.3, -0.25) is 9.69 Å². The fourth-order valence-electron chi connectivity index (χ4n) is 2.27. The van der Waals surface area contributed by atoms with Crippen LogP contribution in [0.1, 0.15) is 37.4 Å². The van der Waals surface area contributed by atoms with E-state index in [9.17, 15) is 4.79 Å². The smallest absolute Gasteiger partial charge is 0.317 e. The second-order valence-corrected chi connectivity index (χ2v) is 5.05. The average Bonchev–Trinajstić information content (AvgIpc) is 3.17. The topological polar surface area (TPSA) is 58.4 Å². The van der Waals surface area contributed by atoms with Crippen LogP contribution in [-0.2, 0) is 11.3 Å². The third kappa shape index (κ3) is 2.49. The SMILES string of the molecule is O=C(O)CN(Cc1cncn1C1CC1)C1CC1. The average molecular weight is 235 g/mol. The first-order valence-electron chi connectivity index (χ1n) is 6.20. The normalized spacial score (nSPS) is 19.8. The number of carbonyl (C=O) groups is 1. The van der Waals surface area contributed by atoms with Crippen LogP contribution < -0.4 is 0 Å². The maximum Gasteiger partial charge on any atom is 0.317 e. The van der Waals surface area contributed by atoms with Gasteiger partial charge < -0.3 is 9.67 Å². The van der Waals surface area contributed by atoms with Crippen molar-refractivity contribution in [3.63, 3.8) is 0 Å². The van der Waals surface area contributed by atoms with Gasteiger partial charge in [0.05, 0.1) is 18.6 Å². The monoisotopic (exact) mass is 235 g/mol. The summed E-state index contributed by atoms with van der Waals surface area (Å²) < 4.78 is 2.21. The number of aliphatic carboxylic acids is 1. The molecule has 0 aliphatic heterocycles. The molecule has 17 heavy (non-hydrogen) atoms.